The van der Waals surface area contributed by atoms with E-state index in [-0.39, 0.29) is 11.8 Å². The Labute approximate surface area is 120 Å². The van der Waals surface area contributed by atoms with Crippen LogP contribution in [0, 0.1) is 11.8 Å². The highest BCUT2D eigenvalue weighted by Crippen LogP contribution is 2.03. The largest absolute Gasteiger partial charge is 0.346 e. The minimum Gasteiger partial charge on any atom is -0.346 e. The Morgan fingerprint density at radius 3 is 2.21 bits per heavy atom. The molecule has 1 amide bonds. The fraction of sp³-hybridized carbons (Fsp3) is 0.938. The van der Waals surface area contributed by atoms with Gasteiger partial charge < -0.3 is 10.2 Å². The van der Waals surface area contributed by atoms with Crippen LogP contribution >= 0.6 is 0 Å². The Morgan fingerprint density at radius 1 is 1.00 bits per heavy atom. The Bertz CT molecular complexity index is 227. The number of amides is 1. The van der Waals surface area contributed by atoms with Crippen LogP contribution in [0.2, 0.25) is 0 Å². The van der Waals surface area contributed by atoms with Gasteiger partial charge in [-0.2, -0.15) is 0 Å². The first-order valence-corrected chi connectivity index (χ1v) is 7.90. The van der Waals surface area contributed by atoms with Gasteiger partial charge >= 0.3 is 0 Å². The molecule has 0 radical (unpaired) electrons. The van der Waals surface area contributed by atoms with Crippen LogP contribution in [0.1, 0.15) is 59.8 Å². The van der Waals surface area contributed by atoms with Gasteiger partial charge in [0, 0.05) is 19.5 Å². The lowest BCUT2D eigenvalue weighted by molar-refractivity contribution is -0.133. The van der Waals surface area contributed by atoms with Crippen molar-refractivity contribution in [3.05, 3.63) is 0 Å². The predicted molar refractivity (Wildman–Crippen MR) is 83.3 cm³/mol. The normalized spacial score (nSPS) is 11.3. The van der Waals surface area contributed by atoms with Gasteiger partial charge in [0.05, 0.1) is 0 Å². The van der Waals surface area contributed by atoms with Gasteiger partial charge in [0.15, 0.2) is 0 Å². The van der Waals surface area contributed by atoms with Gasteiger partial charge in [-0.3, -0.25) is 4.79 Å². The number of carbonyl (C=O) groups is 1. The Morgan fingerprint density at radius 2 is 1.63 bits per heavy atom. The van der Waals surface area contributed by atoms with Crippen molar-refractivity contribution in [1.29, 1.82) is 0 Å². The number of hydrogen-bond donors (Lipinski definition) is 1. The lowest BCUT2D eigenvalue weighted by atomic mass is 10.1. The van der Waals surface area contributed by atoms with E-state index in [0.717, 1.165) is 32.0 Å². The number of nitrogens with zero attached hydrogens (tertiary/aromatic N) is 1. The lowest BCUT2D eigenvalue weighted by Crippen LogP contribution is -2.31. The van der Waals surface area contributed by atoms with Crippen molar-refractivity contribution in [2.24, 2.45) is 11.8 Å². The van der Waals surface area contributed by atoms with Crippen molar-refractivity contribution >= 4 is 5.91 Å². The Balaban J connectivity index is 3.29. The van der Waals surface area contributed by atoms with Crippen LogP contribution in [0.3, 0.4) is 0 Å². The average Bonchev–Trinajstić information content (AvgIpc) is 2.35. The Kier molecular flexibility index (Phi) is 10.9. The number of carbonyl (C=O) groups excluding carboxylic acids is 1. The number of nitrogens with one attached hydrogen (secondary N) is 1. The SMILES string of the molecule is CC(C)CCCNCCCCCN(C)C(=O)C(C)C. The highest BCUT2D eigenvalue weighted by atomic mass is 16.2. The molecule has 114 valence electrons. The zero-order chi connectivity index (χ0) is 14.7. The van der Waals surface area contributed by atoms with Crippen molar-refractivity contribution in [1.82, 2.24) is 10.2 Å². The van der Waals surface area contributed by atoms with E-state index in [2.05, 4.69) is 19.2 Å². The van der Waals surface area contributed by atoms with E-state index in [1.165, 1.54) is 25.7 Å². The fourth-order valence-electron chi connectivity index (χ4n) is 2.09. The summed E-state index contributed by atoms with van der Waals surface area (Å²) in [6.07, 6.45) is 6.12. The molecule has 1 N–H and O–H groups in total. The van der Waals surface area contributed by atoms with Gasteiger partial charge in [0.2, 0.25) is 5.91 Å². The summed E-state index contributed by atoms with van der Waals surface area (Å²) in [5.41, 5.74) is 0. The maximum atomic E-state index is 11.6. The molecular weight excluding hydrogens is 236 g/mol. The third-order valence-electron chi connectivity index (χ3n) is 3.35. The second-order valence-electron chi connectivity index (χ2n) is 6.26. The zero-order valence-corrected chi connectivity index (χ0v) is 13.7. The average molecular weight is 270 g/mol. The van der Waals surface area contributed by atoms with Crippen LogP contribution in [0.25, 0.3) is 0 Å². The van der Waals surface area contributed by atoms with Crippen molar-refractivity contribution in [2.75, 3.05) is 26.7 Å². The predicted octanol–water partition coefficient (Wildman–Crippen LogP) is 3.30. The molecule has 0 aromatic heterocycles. The molecular formula is C16H34N2O. The van der Waals surface area contributed by atoms with Crippen LogP contribution < -0.4 is 5.32 Å². The van der Waals surface area contributed by atoms with E-state index < -0.39 is 0 Å². The lowest BCUT2D eigenvalue weighted by Gasteiger charge is -2.19. The summed E-state index contributed by atoms with van der Waals surface area (Å²) in [6, 6.07) is 0. The van der Waals surface area contributed by atoms with Gasteiger partial charge in [0.1, 0.15) is 0 Å². The highest BCUT2D eigenvalue weighted by molar-refractivity contribution is 5.77. The van der Waals surface area contributed by atoms with Crippen LogP contribution in [-0.4, -0.2) is 37.5 Å². The van der Waals surface area contributed by atoms with Gasteiger partial charge in [-0.25, -0.2) is 0 Å². The monoisotopic (exact) mass is 270 g/mol. The summed E-state index contributed by atoms with van der Waals surface area (Å²) in [4.78, 5) is 13.5. The minimum atomic E-state index is 0.118. The second-order valence-corrected chi connectivity index (χ2v) is 6.26. The van der Waals surface area contributed by atoms with Gasteiger partial charge in [0.25, 0.3) is 0 Å². The topological polar surface area (TPSA) is 32.3 Å². The number of hydrogen-bond acceptors (Lipinski definition) is 2. The second kappa shape index (κ2) is 11.3. The molecule has 0 saturated carbocycles. The number of rotatable bonds is 11. The maximum Gasteiger partial charge on any atom is 0.224 e. The first-order valence-electron chi connectivity index (χ1n) is 7.90. The zero-order valence-electron chi connectivity index (χ0n) is 13.7. The molecule has 0 atom stereocenters. The molecule has 0 aliphatic heterocycles. The molecule has 0 aromatic rings. The van der Waals surface area contributed by atoms with Crippen LogP contribution in [0.5, 0.6) is 0 Å². The summed E-state index contributed by atoms with van der Waals surface area (Å²) in [5.74, 6) is 1.19. The summed E-state index contributed by atoms with van der Waals surface area (Å²) in [5, 5.41) is 3.49. The summed E-state index contributed by atoms with van der Waals surface area (Å²) >= 11 is 0. The molecule has 0 aliphatic carbocycles. The third-order valence-corrected chi connectivity index (χ3v) is 3.35. The van der Waals surface area contributed by atoms with E-state index in [4.69, 9.17) is 0 Å². The van der Waals surface area contributed by atoms with E-state index in [1.54, 1.807) is 0 Å². The van der Waals surface area contributed by atoms with Crippen molar-refractivity contribution in [3.8, 4) is 0 Å². The molecule has 0 saturated heterocycles. The number of unbranched alkanes of at least 4 members (excludes halogenated alkanes) is 2. The van der Waals surface area contributed by atoms with Crippen LogP contribution in [0.15, 0.2) is 0 Å². The standard InChI is InChI=1S/C16H34N2O/c1-14(2)10-9-12-17-11-7-6-8-13-18(5)16(19)15(3)4/h14-15,17H,6-13H2,1-5H3. The summed E-state index contributed by atoms with van der Waals surface area (Å²) in [7, 11) is 1.91. The first-order chi connectivity index (χ1) is 8.95. The molecule has 3 heteroatoms. The van der Waals surface area contributed by atoms with Gasteiger partial charge in [-0.15, -0.1) is 0 Å². The molecule has 0 unspecified atom stereocenters. The molecule has 0 spiro atoms. The van der Waals surface area contributed by atoms with Crippen molar-refractivity contribution < 1.29 is 4.79 Å². The van der Waals surface area contributed by atoms with Crippen molar-refractivity contribution in [2.45, 2.75) is 59.8 Å². The summed E-state index contributed by atoms with van der Waals surface area (Å²) < 4.78 is 0. The molecule has 3 nitrogen and oxygen atoms in total. The molecule has 0 bridgehead atoms. The molecule has 0 fully saturated rings. The van der Waals surface area contributed by atoms with Crippen molar-refractivity contribution in [3.63, 3.8) is 0 Å². The first kappa shape index (κ1) is 18.4. The molecule has 0 aromatic carbocycles. The quantitative estimate of drug-likeness (QED) is 0.584. The van der Waals surface area contributed by atoms with Crippen LogP contribution in [0.4, 0.5) is 0 Å². The highest BCUT2D eigenvalue weighted by Gasteiger charge is 2.11. The van der Waals surface area contributed by atoms with E-state index >= 15 is 0 Å². The molecule has 0 rings (SSSR count). The third kappa shape index (κ3) is 11.0. The fourth-order valence-corrected chi connectivity index (χ4v) is 2.09. The maximum absolute atomic E-state index is 11.6. The van der Waals surface area contributed by atoms with E-state index in [9.17, 15) is 4.79 Å². The van der Waals surface area contributed by atoms with E-state index in [0.29, 0.717) is 0 Å². The minimum absolute atomic E-state index is 0.118. The van der Waals surface area contributed by atoms with Crippen LogP contribution in [-0.2, 0) is 4.79 Å². The Hall–Kier alpha value is -0.570. The smallest absolute Gasteiger partial charge is 0.224 e. The molecule has 0 aliphatic rings. The molecule has 0 heterocycles. The molecule has 19 heavy (non-hydrogen) atoms. The summed E-state index contributed by atoms with van der Waals surface area (Å²) in [6.45, 7) is 11.6. The van der Waals surface area contributed by atoms with E-state index in [1.807, 2.05) is 25.8 Å². The van der Waals surface area contributed by atoms with Gasteiger partial charge in [-0.1, -0.05) is 34.1 Å². The van der Waals surface area contributed by atoms with Gasteiger partial charge in [-0.05, 0) is 44.7 Å².